The lowest BCUT2D eigenvalue weighted by atomic mass is 10.0. The van der Waals surface area contributed by atoms with Crippen molar-refractivity contribution in [1.29, 1.82) is 0 Å². The number of hydrogen-bond donors (Lipinski definition) is 1. The molecule has 104 valence electrons. The Morgan fingerprint density at radius 3 is 2.75 bits per heavy atom. The lowest BCUT2D eigenvalue weighted by molar-refractivity contribution is 0.522. The molecule has 2 aromatic heterocycles. The zero-order valence-corrected chi connectivity index (χ0v) is 12.6. The van der Waals surface area contributed by atoms with Crippen molar-refractivity contribution in [2.75, 3.05) is 23.3 Å². The molecule has 0 aliphatic carbocycles. The number of anilines is 2. The molecule has 0 saturated carbocycles. The van der Waals surface area contributed by atoms with Gasteiger partial charge in [0.05, 0.1) is 10.2 Å². The molecule has 0 amide bonds. The maximum atomic E-state index is 4.17. The highest BCUT2D eigenvalue weighted by molar-refractivity contribution is 9.10. The highest BCUT2D eigenvalue weighted by Gasteiger charge is 2.20. The van der Waals surface area contributed by atoms with Crippen LogP contribution in [0.1, 0.15) is 12.8 Å². The van der Waals surface area contributed by atoms with Gasteiger partial charge in [-0.1, -0.05) is 0 Å². The van der Waals surface area contributed by atoms with E-state index < -0.39 is 0 Å². The minimum absolute atomic E-state index is 0.488. The standard InChI is InChI=1S/C14H16BrN5/c15-12-10-16-7-3-13(12)18-11-4-8-20(9-5-11)14-2-1-6-17-19-14/h1-3,6-7,10-11H,4-5,8-9H2,(H,16,18). The van der Waals surface area contributed by atoms with Gasteiger partial charge in [-0.15, -0.1) is 5.10 Å². The van der Waals surface area contributed by atoms with Gasteiger partial charge in [0.15, 0.2) is 5.82 Å². The smallest absolute Gasteiger partial charge is 0.151 e. The van der Waals surface area contributed by atoms with Crippen molar-refractivity contribution in [2.45, 2.75) is 18.9 Å². The molecule has 3 heterocycles. The van der Waals surface area contributed by atoms with Crippen LogP contribution in [0.3, 0.4) is 0 Å². The minimum atomic E-state index is 0.488. The van der Waals surface area contributed by atoms with Crippen LogP contribution in [-0.2, 0) is 0 Å². The molecule has 6 heteroatoms. The maximum absolute atomic E-state index is 4.17. The largest absolute Gasteiger partial charge is 0.381 e. The van der Waals surface area contributed by atoms with Crippen LogP contribution in [-0.4, -0.2) is 34.3 Å². The fraction of sp³-hybridized carbons (Fsp3) is 0.357. The molecular formula is C14H16BrN5. The van der Waals surface area contributed by atoms with Gasteiger partial charge in [0, 0.05) is 37.7 Å². The van der Waals surface area contributed by atoms with Crippen molar-refractivity contribution in [3.05, 3.63) is 41.3 Å². The molecule has 1 N–H and O–H groups in total. The molecule has 1 aliphatic rings. The summed E-state index contributed by atoms with van der Waals surface area (Å²) in [4.78, 5) is 6.36. The maximum Gasteiger partial charge on any atom is 0.151 e. The van der Waals surface area contributed by atoms with E-state index in [1.165, 1.54) is 0 Å². The van der Waals surface area contributed by atoms with Gasteiger partial charge in [-0.3, -0.25) is 4.98 Å². The summed E-state index contributed by atoms with van der Waals surface area (Å²) in [6.45, 7) is 2.00. The van der Waals surface area contributed by atoms with Gasteiger partial charge in [0.1, 0.15) is 0 Å². The van der Waals surface area contributed by atoms with Crippen molar-refractivity contribution in [1.82, 2.24) is 15.2 Å². The number of nitrogens with zero attached hydrogens (tertiary/aromatic N) is 4. The third-order valence-electron chi connectivity index (χ3n) is 3.51. The normalized spacial score (nSPS) is 16.1. The number of aromatic nitrogens is 3. The van der Waals surface area contributed by atoms with Crippen LogP contribution in [0.15, 0.2) is 41.3 Å². The van der Waals surface area contributed by atoms with Crippen molar-refractivity contribution in [2.24, 2.45) is 0 Å². The number of halogens is 1. The third kappa shape index (κ3) is 3.07. The van der Waals surface area contributed by atoms with Crippen LogP contribution in [0.4, 0.5) is 11.5 Å². The molecule has 0 spiro atoms. The predicted molar refractivity (Wildman–Crippen MR) is 82.8 cm³/mol. The first-order valence-corrected chi connectivity index (χ1v) is 7.51. The average molecular weight is 334 g/mol. The van der Waals surface area contributed by atoms with E-state index in [4.69, 9.17) is 0 Å². The quantitative estimate of drug-likeness (QED) is 0.935. The summed E-state index contributed by atoms with van der Waals surface area (Å²) in [5, 5.41) is 11.7. The van der Waals surface area contributed by atoms with Crippen LogP contribution in [0.25, 0.3) is 0 Å². The first kappa shape index (κ1) is 13.3. The Morgan fingerprint density at radius 2 is 2.05 bits per heavy atom. The van der Waals surface area contributed by atoms with E-state index in [1.807, 2.05) is 30.6 Å². The Balaban J connectivity index is 1.58. The number of piperidine rings is 1. The molecule has 2 aromatic rings. The Labute approximate surface area is 126 Å². The van der Waals surface area contributed by atoms with Gasteiger partial charge in [0.25, 0.3) is 0 Å². The van der Waals surface area contributed by atoms with Gasteiger partial charge in [0.2, 0.25) is 0 Å². The number of pyridine rings is 1. The molecule has 1 saturated heterocycles. The average Bonchev–Trinajstić information content (AvgIpc) is 2.51. The zero-order chi connectivity index (χ0) is 13.8. The number of hydrogen-bond acceptors (Lipinski definition) is 5. The molecule has 0 atom stereocenters. The Kier molecular flexibility index (Phi) is 4.11. The van der Waals surface area contributed by atoms with Gasteiger partial charge < -0.3 is 10.2 Å². The van der Waals surface area contributed by atoms with Crippen molar-refractivity contribution in [3.8, 4) is 0 Å². The van der Waals surface area contributed by atoms with E-state index >= 15 is 0 Å². The molecule has 0 bridgehead atoms. The molecule has 1 fully saturated rings. The van der Waals surface area contributed by atoms with E-state index in [1.54, 1.807) is 6.20 Å². The lowest BCUT2D eigenvalue weighted by Gasteiger charge is -2.33. The second-order valence-electron chi connectivity index (χ2n) is 4.84. The summed E-state index contributed by atoms with van der Waals surface area (Å²) >= 11 is 3.52. The Hall–Kier alpha value is -1.69. The fourth-order valence-corrected chi connectivity index (χ4v) is 2.79. The first-order chi connectivity index (χ1) is 9.83. The molecule has 0 radical (unpaired) electrons. The van der Waals surface area contributed by atoms with Crippen molar-refractivity contribution in [3.63, 3.8) is 0 Å². The summed E-state index contributed by atoms with van der Waals surface area (Å²) in [7, 11) is 0. The van der Waals surface area contributed by atoms with E-state index in [-0.39, 0.29) is 0 Å². The Bertz CT molecular complexity index is 555. The van der Waals surface area contributed by atoms with Crippen molar-refractivity contribution >= 4 is 27.4 Å². The topological polar surface area (TPSA) is 53.9 Å². The first-order valence-electron chi connectivity index (χ1n) is 6.71. The molecule has 3 rings (SSSR count). The van der Waals surface area contributed by atoms with Gasteiger partial charge >= 0.3 is 0 Å². The highest BCUT2D eigenvalue weighted by Crippen LogP contribution is 2.24. The summed E-state index contributed by atoms with van der Waals surface area (Å²) in [5.74, 6) is 0.969. The number of rotatable bonds is 3. The SMILES string of the molecule is Brc1cnccc1NC1CCN(c2cccnn2)CC1. The van der Waals surface area contributed by atoms with Gasteiger partial charge in [-0.25, -0.2) is 0 Å². The third-order valence-corrected chi connectivity index (χ3v) is 4.14. The second-order valence-corrected chi connectivity index (χ2v) is 5.70. The molecular weight excluding hydrogens is 318 g/mol. The highest BCUT2D eigenvalue weighted by atomic mass is 79.9. The molecule has 1 aliphatic heterocycles. The summed E-state index contributed by atoms with van der Waals surface area (Å²) in [6.07, 6.45) is 7.51. The molecule has 5 nitrogen and oxygen atoms in total. The monoisotopic (exact) mass is 333 g/mol. The van der Waals surface area contributed by atoms with Crippen LogP contribution in [0.5, 0.6) is 0 Å². The lowest BCUT2D eigenvalue weighted by Crippen LogP contribution is -2.39. The molecule has 0 aromatic carbocycles. The molecule has 20 heavy (non-hydrogen) atoms. The summed E-state index contributed by atoms with van der Waals surface area (Å²) in [6, 6.07) is 6.43. The van der Waals surface area contributed by atoms with Gasteiger partial charge in [-0.05, 0) is 47.0 Å². The van der Waals surface area contributed by atoms with Crippen LogP contribution >= 0.6 is 15.9 Å². The Morgan fingerprint density at radius 1 is 1.20 bits per heavy atom. The second kappa shape index (κ2) is 6.17. The van der Waals surface area contributed by atoms with Crippen LogP contribution in [0, 0.1) is 0 Å². The molecule has 0 unspecified atom stereocenters. The minimum Gasteiger partial charge on any atom is -0.381 e. The van der Waals surface area contributed by atoms with E-state index in [0.29, 0.717) is 6.04 Å². The van der Waals surface area contributed by atoms with Gasteiger partial charge in [-0.2, -0.15) is 5.10 Å². The number of nitrogens with one attached hydrogen (secondary N) is 1. The fourth-order valence-electron chi connectivity index (χ4n) is 2.43. The van der Waals surface area contributed by atoms with Crippen LogP contribution < -0.4 is 10.2 Å². The van der Waals surface area contributed by atoms with Crippen molar-refractivity contribution < 1.29 is 0 Å². The van der Waals surface area contributed by atoms with E-state index in [2.05, 4.69) is 41.3 Å². The zero-order valence-electron chi connectivity index (χ0n) is 11.0. The predicted octanol–water partition coefficient (Wildman–Crippen LogP) is 2.72. The van der Waals surface area contributed by atoms with E-state index in [0.717, 1.165) is 41.9 Å². The summed E-state index contributed by atoms with van der Waals surface area (Å²) < 4.78 is 1.01. The van der Waals surface area contributed by atoms with Crippen LogP contribution in [0.2, 0.25) is 0 Å². The van der Waals surface area contributed by atoms with E-state index in [9.17, 15) is 0 Å². The summed E-state index contributed by atoms with van der Waals surface area (Å²) in [5.41, 5.74) is 1.11.